The van der Waals surface area contributed by atoms with Crippen LogP contribution in [0.1, 0.15) is 34.6 Å². The van der Waals surface area contributed by atoms with Gasteiger partial charge in [-0.1, -0.05) is 20.8 Å². The van der Waals surface area contributed by atoms with Gasteiger partial charge < -0.3 is 10.2 Å². The van der Waals surface area contributed by atoms with Crippen molar-refractivity contribution in [1.82, 2.24) is 10.2 Å². The van der Waals surface area contributed by atoms with Crippen molar-refractivity contribution in [2.75, 3.05) is 26.2 Å². The highest BCUT2D eigenvalue weighted by Crippen LogP contribution is 2.23. The molecule has 84 valence electrons. The fourth-order valence-electron chi connectivity index (χ4n) is 2.47. The Morgan fingerprint density at radius 3 is 2.14 bits per heavy atom. The molecule has 2 atom stereocenters. The zero-order chi connectivity index (χ0) is 10.8. The second-order valence-corrected chi connectivity index (χ2v) is 5.56. The molecule has 0 saturated carbocycles. The Morgan fingerprint density at radius 1 is 1.21 bits per heavy atom. The number of nitrogens with zero attached hydrogens (tertiary/aromatic N) is 1. The molecular weight excluding hydrogens is 172 g/mol. The average Bonchev–Trinajstić information content (AvgIpc) is 2.29. The molecule has 0 spiro atoms. The van der Waals surface area contributed by atoms with Crippen molar-refractivity contribution >= 4 is 0 Å². The lowest BCUT2D eigenvalue weighted by molar-refractivity contribution is 0.230. The smallest absolute Gasteiger partial charge is 0.0252 e. The normalized spacial score (nSPS) is 29.8. The number of likely N-dealkylation sites (N-methyl/N-ethyl adjacent to an activating group) is 1. The lowest BCUT2D eigenvalue weighted by Gasteiger charge is -2.31. The average molecular weight is 198 g/mol. The SMILES string of the molecule is CCNC(C)(C)CN1CC(C)C(C)C1. The van der Waals surface area contributed by atoms with Crippen LogP contribution >= 0.6 is 0 Å². The van der Waals surface area contributed by atoms with Gasteiger partial charge in [-0.05, 0) is 32.2 Å². The van der Waals surface area contributed by atoms with Crippen LogP contribution in [0, 0.1) is 11.8 Å². The van der Waals surface area contributed by atoms with Gasteiger partial charge in [0.05, 0.1) is 0 Å². The number of likely N-dealkylation sites (tertiary alicyclic amines) is 1. The van der Waals surface area contributed by atoms with Crippen LogP contribution in [0.15, 0.2) is 0 Å². The van der Waals surface area contributed by atoms with Crippen LogP contribution in [0.2, 0.25) is 0 Å². The molecule has 0 radical (unpaired) electrons. The molecule has 0 amide bonds. The van der Waals surface area contributed by atoms with Crippen LogP contribution in [-0.2, 0) is 0 Å². The maximum absolute atomic E-state index is 3.54. The summed E-state index contributed by atoms with van der Waals surface area (Å²) >= 11 is 0. The van der Waals surface area contributed by atoms with Gasteiger partial charge in [0.15, 0.2) is 0 Å². The molecular formula is C12H26N2. The van der Waals surface area contributed by atoms with Gasteiger partial charge in [-0.3, -0.25) is 0 Å². The summed E-state index contributed by atoms with van der Waals surface area (Å²) < 4.78 is 0. The van der Waals surface area contributed by atoms with E-state index in [4.69, 9.17) is 0 Å². The van der Waals surface area contributed by atoms with Crippen molar-refractivity contribution in [3.05, 3.63) is 0 Å². The molecule has 1 aliphatic heterocycles. The number of hydrogen-bond acceptors (Lipinski definition) is 2. The fraction of sp³-hybridized carbons (Fsp3) is 1.00. The molecule has 2 nitrogen and oxygen atoms in total. The van der Waals surface area contributed by atoms with Gasteiger partial charge in [0.2, 0.25) is 0 Å². The molecule has 1 saturated heterocycles. The third-order valence-electron chi connectivity index (χ3n) is 3.34. The van der Waals surface area contributed by atoms with Crippen molar-refractivity contribution in [2.24, 2.45) is 11.8 Å². The Labute approximate surface area is 89.1 Å². The molecule has 14 heavy (non-hydrogen) atoms. The van der Waals surface area contributed by atoms with Crippen LogP contribution in [0.4, 0.5) is 0 Å². The zero-order valence-electron chi connectivity index (χ0n) is 10.4. The van der Waals surface area contributed by atoms with Crippen molar-refractivity contribution in [1.29, 1.82) is 0 Å². The van der Waals surface area contributed by atoms with Gasteiger partial charge >= 0.3 is 0 Å². The highest BCUT2D eigenvalue weighted by molar-refractivity contribution is 4.86. The van der Waals surface area contributed by atoms with Crippen LogP contribution < -0.4 is 5.32 Å². The quantitative estimate of drug-likeness (QED) is 0.743. The zero-order valence-corrected chi connectivity index (χ0v) is 10.4. The van der Waals surface area contributed by atoms with Crippen LogP contribution in [-0.4, -0.2) is 36.6 Å². The van der Waals surface area contributed by atoms with Gasteiger partial charge in [-0.15, -0.1) is 0 Å². The summed E-state index contributed by atoms with van der Waals surface area (Å²) in [6, 6.07) is 0. The summed E-state index contributed by atoms with van der Waals surface area (Å²) in [5, 5.41) is 3.54. The number of hydrogen-bond donors (Lipinski definition) is 1. The minimum absolute atomic E-state index is 0.262. The Morgan fingerprint density at radius 2 is 1.71 bits per heavy atom. The molecule has 1 heterocycles. The first-order valence-corrected chi connectivity index (χ1v) is 5.92. The molecule has 1 N–H and O–H groups in total. The summed E-state index contributed by atoms with van der Waals surface area (Å²) in [5.74, 6) is 1.74. The first kappa shape index (κ1) is 12.0. The largest absolute Gasteiger partial charge is 0.311 e. The minimum Gasteiger partial charge on any atom is -0.311 e. The Balaban J connectivity index is 2.38. The molecule has 1 fully saturated rings. The monoisotopic (exact) mass is 198 g/mol. The van der Waals surface area contributed by atoms with E-state index in [1.54, 1.807) is 0 Å². The van der Waals surface area contributed by atoms with Gasteiger partial charge in [-0.25, -0.2) is 0 Å². The Bertz CT molecular complexity index is 167. The van der Waals surface area contributed by atoms with Gasteiger partial charge in [0, 0.05) is 25.2 Å². The maximum atomic E-state index is 3.54. The maximum Gasteiger partial charge on any atom is 0.0252 e. The van der Waals surface area contributed by atoms with E-state index in [-0.39, 0.29) is 5.54 Å². The molecule has 2 unspecified atom stereocenters. The fourth-order valence-corrected chi connectivity index (χ4v) is 2.47. The summed E-state index contributed by atoms with van der Waals surface area (Å²) in [6.45, 7) is 16.3. The predicted octanol–water partition coefficient (Wildman–Crippen LogP) is 1.96. The molecule has 2 heteroatoms. The molecule has 1 aliphatic rings. The van der Waals surface area contributed by atoms with E-state index in [0.717, 1.165) is 18.4 Å². The van der Waals surface area contributed by atoms with Crippen molar-refractivity contribution in [3.8, 4) is 0 Å². The molecule has 0 aromatic rings. The highest BCUT2D eigenvalue weighted by Gasteiger charge is 2.29. The van der Waals surface area contributed by atoms with Gasteiger partial charge in [0.25, 0.3) is 0 Å². The van der Waals surface area contributed by atoms with E-state index >= 15 is 0 Å². The van der Waals surface area contributed by atoms with Crippen LogP contribution in [0.3, 0.4) is 0 Å². The highest BCUT2D eigenvalue weighted by atomic mass is 15.2. The van der Waals surface area contributed by atoms with E-state index < -0.39 is 0 Å². The lowest BCUT2D eigenvalue weighted by Crippen LogP contribution is -2.48. The second kappa shape index (κ2) is 4.63. The lowest BCUT2D eigenvalue weighted by atomic mass is 10.0. The van der Waals surface area contributed by atoms with Gasteiger partial charge in [0.1, 0.15) is 0 Å². The second-order valence-electron chi connectivity index (χ2n) is 5.56. The molecule has 0 aromatic heterocycles. The summed E-state index contributed by atoms with van der Waals surface area (Å²) in [6.07, 6.45) is 0. The first-order valence-electron chi connectivity index (χ1n) is 5.92. The van der Waals surface area contributed by atoms with Gasteiger partial charge in [-0.2, -0.15) is 0 Å². The third kappa shape index (κ3) is 3.25. The van der Waals surface area contributed by atoms with Crippen LogP contribution in [0.25, 0.3) is 0 Å². The minimum atomic E-state index is 0.262. The first-order chi connectivity index (χ1) is 6.44. The summed E-state index contributed by atoms with van der Waals surface area (Å²) in [5.41, 5.74) is 0.262. The Kier molecular flexibility index (Phi) is 3.96. The number of rotatable bonds is 4. The summed E-state index contributed by atoms with van der Waals surface area (Å²) in [7, 11) is 0. The third-order valence-corrected chi connectivity index (χ3v) is 3.34. The van der Waals surface area contributed by atoms with Crippen LogP contribution in [0.5, 0.6) is 0 Å². The van der Waals surface area contributed by atoms with E-state index in [9.17, 15) is 0 Å². The van der Waals surface area contributed by atoms with Crippen molar-refractivity contribution < 1.29 is 0 Å². The molecule has 0 aliphatic carbocycles. The predicted molar refractivity (Wildman–Crippen MR) is 62.5 cm³/mol. The van der Waals surface area contributed by atoms with E-state index in [0.29, 0.717) is 0 Å². The van der Waals surface area contributed by atoms with Crippen molar-refractivity contribution in [2.45, 2.75) is 40.2 Å². The van der Waals surface area contributed by atoms with E-state index in [1.165, 1.54) is 19.6 Å². The van der Waals surface area contributed by atoms with E-state index in [2.05, 4.69) is 44.8 Å². The summed E-state index contributed by atoms with van der Waals surface area (Å²) in [4.78, 5) is 2.60. The topological polar surface area (TPSA) is 15.3 Å². The number of nitrogens with one attached hydrogen (secondary N) is 1. The molecule has 0 aromatic carbocycles. The standard InChI is InChI=1S/C12H26N2/c1-6-13-12(4,5)9-14-7-10(2)11(3)8-14/h10-11,13H,6-9H2,1-5H3. The van der Waals surface area contributed by atoms with E-state index in [1.807, 2.05) is 0 Å². The Hall–Kier alpha value is -0.0800. The molecule has 1 rings (SSSR count). The van der Waals surface area contributed by atoms with Crippen molar-refractivity contribution in [3.63, 3.8) is 0 Å². The molecule has 0 bridgehead atoms.